The van der Waals surface area contributed by atoms with Crippen LogP contribution in [0, 0.1) is 0 Å². The number of amides is 1. The van der Waals surface area contributed by atoms with Crippen molar-refractivity contribution < 1.29 is 4.79 Å². The van der Waals surface area contributed by atoms with Gasteiger partial charge in [0, 0.05) is 57.5 Å². The van der Waals surface area contributed by atoms with Crippen molar-refractivity contribution in [2.75, 3.05) is 36.4 Å². The van der Waals surface area contributed by atoms with Gasteiger partial charge < -0.3 is 19.7 Å². The molecule has 0 bridgehead atoms. The van der Waals surface area contributed by atoms with Gasteiger partial charge in [-0.25, -0.2) is 0 Å². The number of aromatic nitrogens is 4. The Bertz CT molecular complexity index is 1040. The van der Waals surface area contributed by atoms with Gasteiger partial charge in [-0.3, -0.25) is 14.6 Å². The van der Waals surface area contributed by atoms with Crippen molar-refractivity contribution in [3.05, 3.63) is 70.9 Å². The molecule has 1 aliphatic rings. The van der Waals surface area contributed by atoms with Crippen LogP contribution in [0.25, 0.3) is 0 Å². The van der Waals surface area contributed by atoms with Gasteiger partial charge in [0.05, 0.1) is 0 Å². The number of hydrogen-bond donors (Lipinski definition) is 1. The molecule has 4 heterocycles. The first-order valence-electron chi connectivity index (χ1n) is 9.32. The topological polar surface area (TPSA) is 96.2 Å². The second-order valence-electron chi connectivity index (χ2n) is 6.75. The van der Waals surface area contributed by atoms with Gasteiger partial charge in [-0.1, -0.05) is 0 Å². The van der Waals surface area contributed by atoms with Crippen LogP contribution in [0.3, 0.4) is 0 Å². The SMILES string of the molecule is Cn1cccc(C(=O)N2CCN(c3ccc(Nc4ccncc4)nn3)CC2)c1=O. The van der Waals surface area contributed by atoms with Crippen LogP contribution in [0.2, 0.25) is 0 Å². The lowest BCUT2D eigenvalue weighted by atomic mass is 10.2. The number of anilines is 3. The average Bonchev–Trinajstić information content (AvgIpc) is 2.77. The van der Waals surface area contributed by atoms with E-state index in [0.29, 0.717) is 32.0 Å². The molecule has 3 aromatic heterocycles. The first kappa shape index (κ1) is 18.6. The van der Waals surface area contributed by atoms with Crippen molar-refractivity contribution in [1.29, 1.82) is 0 Å². The van der Waals surface area contributed by atoms with E-state index in [0.717, 1.165) is 11.5 Å². The van der Waals surface area contributed by atoms with E-state index in [9.17, 15) is 9.59 Å². The summed E-state index contributed by atoms with van der Waals surface area (Å²) < 4.78 is 1.42. The van der Waals surface area contributed by atoms with E-state index in [2.05, 4.69) is 25.4 Å². The van der Waals surface area contributed by atoms with Gasteiger partial charge in [-0.2, -0.15) is 0 Å². The molecule has 29 heavy (non-hydrogen) atoms. The van der Waals surface area contributed by atoms with E-state index in [1.54, 1.807) is 42.7 Å². The summed E-state index contributed by atoms with van der Waals surface area (Å²) in [6.07, 6.45) is 5.05. The van der Waals surface area contributed by atoms with Gasteiger partial charge in [0.2, 0.25) is 0 Å². The number of rotatable bonds is 4. The van der Waals surface area contributed by atoms with Crippen LogP contribution in [0.4, 0.5) is 17.3 Å². The number of hydrogen-bond acceptors (Lipinski definition) is 7. The summed E-state index contributed by atoms with van der Waals surface area (Å²) in [5.74, 6) is 1.18. The van der Waals surface area contributed by atoms with Crippen LogP contribution in [0.5, 0.6) is 0 Å². The standard InChI is InChI=1S/C20H21N7O2/c1-25-10-2-3-16(19(25)28)20(29)27-13-11-26(12-14-27)18-5-4-17(23-24-18)22-15-6-8-21-9-7-15/h2-10H,11-14H2,1H3,(H,21,22,23). The fourth-order valence-corrected chi connectivity index (χ4v) is 3.21. The van der Waals surface area contributed by atoms with Crippen LogP contribution in [0.15, 0.2) is 59.8 Å². The zero-order valence-corrected chi connectivity index (χ0v) is 16.0. The number of carbonyl (C=O) groups is 1. The van der Waals surface area contributed by atoms with E-state index in [-0.39, 0.29) is 17.0 Å². The third-order valence-corrected chi connectivity index (χ3v) is 4.85. The summed E-state index contributed by atoms with van der Waals surface area (Å²) in [5.41, 5.74) is 0.819. The van der Waals surface area contributed by atoms with E-state index in [1.165, 1.54) is 4.57 Å². The second kappa shape index (κ2) is 8.09. The molecule has 1 saturated heterocycles. The molecule has 1 fully saturated rings. The second-order valence-corrected chi connectivity index (χ2v) is 6.75. The Morgan fingerprint density at radius 1 is 1.00 bits per heavy atom. The highest BCUT2D eigenvalue weighted by molar-refractivity contribution is 5.94. The fraction of sp³-hybridized carbons (Fsp3) is 0.250. The lowest BCUT2D eigenvalue weighted by molar-refractivity contribution is 0.0744. The molecule has 0 atom stereocenters. The molecule has 0 saturated carbocycles. The molecule has 1 N–H and O–H groups in total. The zero-order chi connectivity index (χ0) is 20.2. The maximum absolute atomic E-state index is 12.7. The van der Waals surface area contributed by atoms with Gasteiger partial charge in [0.15, 0.2) is 11.6 Å². The number of nitrogens with one attached hydrogen (secondary N) is 1. The third kappa shape index (κ3) is 4.08. The van der Waals surface area contributed by atoms with Gasteiger partial charge in [0.25, 0.3) is 11.5 Å². The van der Waals surface area contributed by atoms with Crippen molar-refractivity contribution in [1.82, 2.24) is 24.6 Å². The highest BCUT2D eigenvalue weighted by Gasteiger charge is 2.24. The molecular formula is C20H21N7O2. The van der Waals surface area contributed by atoms with Crippen LogP contribution < -0.4 is 15.8 Å². The van der Waals surface area contributed by atoms with Crippen molar-refractivity contribution in [2.45, 2.75) is 0 Å². The van der Waals surface area contributed by atoms with Crippen molar-refractivity contribution in [2.24, 2.45) is 7.05 Å². The molecule has 0 radical (unpaired) electrons. The van der Waals surface area contributed by atoms with Crippen LogP contribution in [-0.4, -0.2) is 56.7 Å². The predicted octanol–water partition coefficient (Wildman–Crippen LogP) is 1.28. The van der Waals surface area contributed by atoms with Crippen LogP contribution >= 0.6 is 0 Å². The molecule has 9 heteroatoms. The summed E-state index contributed by atoms with van der Waals surface area (Å²) in [6, 6.07) is 10.8. The van der Waals surface area contributed by atoms with E-state index >= 15 is 0 Å². The van der Waals surface area contributed by atoms with Crippen molar-refractivity contribution in [3.8, 4) is 0 Å². The summed E-state index contributed by atoms with van der Waals surface area (Å²) in [6.45, 7) is 2.31. The summed E-state index contributed by atoms with van der Waals surface area (Å²) in [7, 11) is 1.64. The molecule has 0 aliphatic carbocycles. The fourth-order valence-electron chi connectivity index (χ4n) is 3.21. The highest BCUT2D eigenvalue weighted by atomic mass is 16.2. The first-order chi connectivity index (χ1) is 14.1. The first-order valence-corrected chi connectivity index (χ1v) is 9.32. The zero-order valence-electron chi connectivity index (χ0n) is 16.0. The third-order valence-electron chi connectivity index (χ3n) is 4.85. The van der Waals surface area contributed by atoms with Gasteiger partial charge >= 0.3 is 0 Å². The Morgan fingerprint density at radius 2 is 1.76 bits per heavy atom. The Labute approximate surface area is 167 Å². The highest BCUT2D eigenvalue weighted by Crippen LogP contribution is 2.17. The maximum Gasteiger partial charge on any atom is 0.263 e. The lowest BCUT2D eigenvalue weighted by Gasteiger charge is -2.35. The molecule has 0 spiro atoms. The Morgan fingerprint density at radius 3 is 2.45 bits per heavy atom. The quantitative estimate of drug-likeness (QED) is 0.716. The minimum atomic E-state index is -0.275. The van der Waals surface area contributed by atoms with Gasteiger partial charge in [0.1, 0.15) is 5.56 Å². The normalized spacial score (nSPS) is 14.0. The molecule has 1 aliphatic heterocycles. The number of nitrogens with zero attached hydrogens (tertiary/aromatic N) is 6. The number of pyridine rings is 2. The van der Waals surface area contributed by atoms with Gasteiger partial charge in [-0.15, -0.1) is 10.2 Å². The number of carbonyl (C=O) groups excluding carboxylic acids is 1. The van der Waals surface area contributed by atoms with Crippen molar-refractivity contribution in [3.63, 3.8) is 0 Å². The van der Waals surface area contributed by atoms with Gasteiger partial charge in [-0.05, 0) is 36.4 Å². The average molecular weight is 391 g/mol. The van der Waals surface area contributed by atoms with E-state index in [4.69, 9.17) is 0 Å². The van der Waals surface area contributed by atoms with Crippen molar-refractivity contribution >= 4 is 23.2 Å². The smallest absolute Gasteiger partial charge is 0.263 e. The number of piperazine rings is 1. The van der Waals surface area contributed by atoms with Crippen LogP contribution in [0.1, 0.15) is 10.4 Å². The summed E-state index contributed by atoms with van der Waals surface area (Å²) >= 11 is 0. The molecule has 1 amide bonds. The number of aryl methyl sites for hydroxylation is 1. The van der Waals surface area contributed by atoms with E-state index in [1.807, 2.05) is 24.3 Å². The molecular weight excluding hydrogens is 370 g/mol. The minimum absolute atomic E-state index is 0.204. The molecule has 9 nitrogen and oxygen atoms in total. The molecule has 0 unspecified atom stereocenters. The van der Waals surface area contributed by atoms with E-state index < -0.39 is 0 Å². The monoisotopic (exact) mass is 391 g/mol. The Hall–Kier alpha value is -3.75. The lowest BCUT2D eigenvalue weighted by Crippen LogP contribution is -2.50. The largest absolute Gasteiger partial charge is 0.352 e. The summed E-state index contributed by atoms with van der Waals surface area (Å²) in [4.78, 5) is 32.6. The predicted molar refractivity (Wildman–Crippen MR) is 109 cm³/mol. The molecule has 3 aromatic rings. The molecule has 0 aromatic carbocycles. The Kier molecular flexibility index (Phi) is 5.19. The molecule has 148 valence electrons. The van der Waals surface area contributed by atoms with Crippen LogP contribution in [-0.2, 0) is 7.05 Å². The maximum atomic E-state index is 12.7. The molecule has 4 rings (SSSR count). The Balaban J connectivity index is 1.37. The minimum Gasteiger partial charge on any atom is -0.352 e. The summed E-state index contributed by atoms with van der Waals surface area (Å²) in [5, 5.41) is 11.7.